The molecule has 1 rings (SSSR count). The van der Waals surface area contributed by atoms with Gasteiger partial charge in [0, 0.05) is 6.54 Å². The summed E-state index contributed by atoms with van der Waals surface area (Å²) in [5.74, 6) is -1.85. The first-order valence-electron chi connectivity index (χ1n) is 5.74. The summed E-state index contributed by atoms with van der Waals surface area (Å²) in [7, 11) is -3.85. The molecule has 0 aliphatic carbocycles. The first-order valence-corrected chi connectivity index (χ1v) is 7.60. The molecule has 20 heavy (non-hydrogen) atoms. The normalized spacial score (nSPS) is 12.7. The molecule has 8 heteroatoms. The number of hydrogen-bond acceptors (Lipinski definition) is 4. The number of carbonyl (C=O) groups is 1. The quantitative estimate of drug-likeness (QED) is 0.829. The van der Waals surface area contributed by atoms with Crippen LogP contribution in [0, 0.1) is 17.2 Å². The molecule has 0 saturated heterocycles. The van der Waals surface area contributed by atoms with Crippen LogP contribution in [0.25, 0.3) is 0 Å². The Kier molecular flexibility index (Phi) is 5.51. The van der Waals surface area contributed by atoms with Gasteiger partial charge in [0.25, 0.3) is 0 Å². The second-order valence-electron chi connectivity index (χ2n) is 4.05. The van der Waals surface area contributed by atoms with Crippen LogP contribution in [0.3, 0.4) is 0 Å². The maximum absolute atomic E-state index is 12.0. The highest BCUT2D eigenvalue weighted by molar-refractivity contribution is 7.89. The lowest BCUT2D eigenvalue weighted by molar-refractivity contribution is -0.141. The van der Waals surface area contributed by atoms with Gasteiger partial charge in [0.1, 0.15) is 6.07 Å². The fourth-order valence-electron chi connectivity index (χ4n) is 1.45. The van der Waals surface area contributed by atoms with Gasteiger partial charge in [-0.2, -0.15) is 5.26 Å². The SMILES string of the molecule is CCC(CNS(=O)(=O)c1ccc(C#N)c(Cl)c1)C(=O)O. The van der Waals surface area contributed by atoms with Gasteiger partial charge in [-0.1, -0.05) is 18.5 Å². The second-order valence-corrected chi connectivity index (χ2v) is 6.22. The van der Waals surface area contributed by atoms with Crippen LogP contribution in [0.1, 0.15) is 18.9 Å². The van der Waals surface area contributed by atoms with Gasteiger partial charge in [-0.25, -0.2) is 13.1 Å². The third-order valence-electron chi connectivity index (χ3n) is 2.73. The van der Waals surface area contributed by atoms with E-state index >= 15 is 0 Å². The van der Waals surface area contributed by atoms with Crippen molar-refractivity contribution < 1.29 is 18.3 Å². The van der Waals surface area contributed by atoms with Crippen molar-refractivity contribution in [3.63, 3.8) is 0 Å². The van der Waals surface area contributed by atoms with Gasteiger partial charge in [-0.15, -0.1) is 0 Å². The Labute approximate surface area is 122 Å². The largest absolute Gasteiger partial charge is 0.481 e. The van der Waals surface area contributed by atoms with Crippen LogP contribution in [-0.2, 0) is 14.8 Å². The van der Waals surface area contributed by atoms with E-state index in [4.69, 9.17) is 22.0 Å². The molecule has 0 bridgehead atoms. The van der Waals surface area contributed by atoms with Crippen LogP contribution >= 0.6 is 11.6 Å². The maximum atomic E-state index is 12.0. The monoisotopic (exact) mass is 316 g/mol. The van der Waals surface area contributed by atoms with E-state index in [1.54, 1.807) is 6.92 Å². The number of benzene rings is 1. The van der Waals surface area contributed by atoms with Crippen molar-refractivity contribution in [2.45, 2.75) is 18.2 Å². The molecule has 0 saturated carbocycles. The first kappa shape index (κ1) is 16.4. The predicted octanol–water partition coefficient (Wildman–Crippen LogP) is 1.60. The average molecular weight is 317 g/mol. The van der Waals surface area contributed by atoms with Crippen LogP contribution in [-0.4, -0.2) is 26.0 Å². The van der Waals surface area contributed by atoms with E-state index in [2.05, 4.69) is 4.72 Å². The highest BCUT2D eigenvalue weighted by atomic mass is 35.5. The number of hydrogen-bond donors (Lipinski definition) is 2. The van der Waals surface area contributed by atoms with Crippen LogP contribution in [0.5, 0.6) is 0 Å². The molecule has 0 fully saturated rings. The minimum absolute atomic E-state index is 0.0284. The van der Waals surface area contributed by atoms with E-state index in [9.17, 15) is 13.2 Å². The van der Waals surface area contributed by atoms with Crippen molar-refractivity contribution in [3.8, 4) is 6.07 Å². The second kappa shape index (κ2) is 6.70. The molecule has 1 aromatic rings. The smallest absolute Gasteiger partial charge is 0.307 e. The number of nitrogens with zero attached hydrogens (tertiary/aromatic N) is 1. The maximum Gasteiger partial charge on any atom is 0.307 e. The number of rotatable bonds is 6. The van der Waals surface area contributed by atoms with Gasteiger partial charge < -0.3 is 5.11 Å². The summed E-state index contributed by atoms with van der Waals surface area (Å²) >= 11 is 5.77. The Balaban J connectivity index is 2.92. The molecule has 0 aliphatic rings. The van der Waals surface area contributed by atoms with E-state index in [0.717, 1.165) is 6.07 Å². The standard InChI is InChI=1S/C12H13ClN2O4S/c1-2-8(12(16)17)7-15-20(18,19)10-4-3-9(6-14)11(13)5-10/h3-5,8,15H,2,7H2,1H3,(H,16,17). The number of aliphatic carboxylic acids is 1. The highest BCUT2D eigenvalue weighted by Gasteiger charge is 2.20. The zero-order chi connectivity index (χ0) is 15.3. The van der Waals surface area contributed by atoms with Crippen molar-refractivity contribution in [1.29, 1.82) is 5.26 Å². The van der Waals surface area contributed by atoms with Crippen LogP contribution in [0.2, 0.25) is 5.02 Å². The van der Waals surface area contributed by atoms with Crippen molar-refractivity contribution in [2.75, 3.05) is 6.54 Å². The van der Waals surface area contributed by atoms with Crippen molar-refractivity contribution >= 4 is 27.6 Å². The molecular formula is C12H13ClN2O4S. The zero-order valence-corrected chi connectivity index (χ0v) is 12.2. The fraction of sp³-hybridized carbons (Fsp3) is 0.333. The minimum Gasteiger partial charge on any atom is -0.481 e. The average Bonchev–Trinajstić information content (AvgIpc) is 2.38. The van der Waals surface area contributed by atoms with Crippen LogP contribution in [0.4, 0.5) is 0 Å². The molecule has 2 N–H and O–H groups in total. The summed E-state index contributed by atoms with van der Waals surface area (Å²) in [6.07, 6.45) is 0.311. The zero-order valence-electron chi connectivity index (χ0n) is 10.6. The molecular weight excluding hydrogens is 304 g/mol. The minimum atomic E-state index is -3.85. The Morgan fingerprint density at radius 3 is 2.65 bits per heavy atom. The number of halogens is 1. The molecule has 1 aromatic carbocycles. The molecule has 0 heterocycles. The molecule has 6 nitrogen and oxygen atoms in total. The molecule has 0 aromatic heterocycles. The van der Waals surface area contributed by atoms with Crippen molar-refractivity contribution in [2.24, 2.45) is 5.92 Å². The van der Waals surface area contributed by atoms with Gasteiger partial charge in [0.2, 0.25) is 10.0 Å². The fourth-order valence-corrected chi connectivity index (χ4v) is 2.85. The first-order chi connectivity index (χ1) is 9.31. The third-order valence-corrected chi connectivity index (χ3v) is 4.47. The Morgan fingerprint density at radius 2 is 2.20 bits per heavy atom. The molecule has 0 spiro atoms. The van der Waals surface area contributed by atoms with Crippen LogP contribution < -0.4 is 4.72 Å². The number of nitrogens with one attached hydrogen (secondary N) is 1. The van der Waals surface area contributed by atoms with E-state index in [1.807, 2.05) is 6.07 Å². The lowest BCUT2D eigenvalue weighted by Crippen LogP contribution is -2.32. The third kappa shape index (κ3) is 3.93. The van der Waals surface area contributed by atoms with Gasteiger partial charge in [0.05, 0.1) is 21.4 Å². The number of sulfonamides is 1. The Bertz CT molecular complexity index is 652. The number of carboxylic acid groups (broad SMARTS) is 1. The molecule has 0 amide bonds. The molecule has 1 atom stereocenters. The Hall–Kier alpha value is -1.62. The number of nitriles is 1. The van der Waals surface area contributed by atoms with E-state index < -0.39 is 21.9 Å². The summed E-state index contributed by atoms with van der Waals surface area (Å²) in [6, 6.07) is 5.52. The summed E-state index contributed by atoms with van der Waals surface area (Å²) in [5.41, 5.74) is 0.169. The van der Waals surface area contributed by atoms with E-state index in [0.29, 0.717) is 6.42 Å². The summed E-state index contributed by atoms with van der Waals surface area (Å²) in [6.45, 7) is 1.46. The lowest BCUT2D eigenvalue weighted by atomic mass is 10.1. The molecule has 108 valence electrons. The topological polar surface area (TPSA) is 107 Å². The summed E-state index contributed by atoms with van der Waals surface area (Å²) in [4.78, 5) is 10.7. The summed E-state index contributed by atoms with van der Waals surface area (Å²) in [5, 5.41) is 17.6. The molecule has 0 radical (unpaired) electrons. The summed E-state index contributed by atoms with van der Waals surface area (Å²) < 4.78 is 26.2. The predicted molar refractivity (Wildman–Crippen MR) is 72.8 cm³/mol. The van der Waals surface area contributed by atoms with E-state index in [-0.39, 0.29) is 22.0 Å². The highest BCUT2D eigenvalue weighted by Crippen LogP contribution is 2.20. The van der Waals surface area contributed by atoms with Crippen molar-refractivity contribution in [3.05, 3.63) is 28.8 Å². The van der Waals surface area contributed by atoms with Gasteiger partial charge in [-0.3, -0.25) is 4.79 Å². The lowest BCUT2D eigenvalue weighted by Gasteiger charge is -2.12. The Morgan fingerprint density at radius 1 is 1.55 bits per heavy atom. The van der Waals surface area contributed by atoms with Gasteiger partial charge in [0.15, 0.2) is 0 Å². The van der Waals surface area contributed by atoms with Crippen LogP contribution in [0.15, 0.2) is 23.1 Å². The van der Waals surface area contributed by atoms with Gasteiger partial charge in [-0.05, 0) is 24.6 Å². The van der Waals surface area contributed by atoms with E-state index in [1.165, 1.54) is 12.1 Å². The van der Waals surface area contributed by atoms with Gasteiger partial charge >= 0.3 is 5.97 Å². The van der Waals surface area contributed by atoms with Crippen molar-refractivity contribution in [1.82, 2.24) is 4.72 Å². The molecule has 0 aliphatic heterocycles. The molecule has 1 unspecified atom stereocenters. The number of carboxylic acids is 1.